The largest absolute Gasteiger partial charge is 0.375 e. The number of carbonyl (C=O) groups is 1. The smallest absolute Gasteiger partial charge is 0.237 e. The van der Waals surface area contributed by atoms with E-state index in [1.54, 1.807) is 6.20 Å². The summed E-state index contributed by atoms with van der Waals surface area (Å²) < 4.78 is 7.33. The highest BCUT2D eigenvalue weighted by molar-refractivity contribution is 5.80. The summed E-state index contributed by atoms with van der Waals surface area (Å²) in [5.74, 6) is -0.313. The third-order valence-corrected chi connectivity index (χ3v) is 3.47. The molecule has 0 bridgehead atoms. The van der Waals surface area contributed by atoms with Gasteiger partial charge in [-0.1, -0.05) is 0 Å². The van der Waals surface area contributed by atoms with Gasteiger partial charge in [0.15, 0.2) is 0 Å². The Kier molecular flexibility index (Phi) is 3.98. The molecule has 1 amide bonds. The van der Waals surface area contributed by atoms with E-state index in [0.29, 0.717) is 6.61 Å². The maximum Gasteiger partial charge on any atom is 0.237 e. The number of rotatable bonds is 4. The molecule has 0 aliphatic carbocycles. The Morgan fingerprint density at radius 2 is 2.44 bits per heavy atom. The lowest BCUT2D eigenvalue weighted by atomic mass is 10.1. The monoisotopic (exact) mass is 252 g/mol. The molecule has 0 aromatic carbocycles. The number of hydrogen-bond donors (Lipinski definition) is 1. The van der Waals surface area contributed by atoms with Crippen molar-refractivity contribution < 1.29 is 9.53 Å². The van der Waals surface area contributed by atoms with Gasteiger partial charge < -0.3 is 10.5 Å². The van der Waals surface area contributed by atoms with Crippen LogP contribution < -0.4 is 5.73 Å². The third kappa shape index (κ3) is 2.70. The number of amides is 1. The fraction of sp³-hybridized carbons (Fsp3) is 0.667. The van der Waals surface area contributed by atoms with Gasteiger partial charge >= 0.3 is 0 Å². The molecule has 2 N–H and O–H groups in total. The van der Waals surface area contributed by atoms with E-state index in [1.807, 2.05) is 24.7 Å². The number of aryl methyl sites for hydroxylation is 1. The zero-order valence-electron chi connectivity index (χ0n) is 10.9. The van der Waals surface area contributed by atoms with Crippen molar-refractivity contribution >= 4 is 5.91 Å². The summed E-state index contributed by atoms with van der Waals surface area (Å²) in [7, 11) is 1.92. The van der Waals surface area contributed by atoms with Crippen LogP contribution in [0.3, 0.4) is 0 Å². The lowest BCUT2D eigenvalue weighted by Crippen LogP contribution is -2.56. The Bertz CT molecular complexity index is 418. The van der Waals surface area contributed by atoms with Crippen molar-refractivity contribution in [3.8, 4) is 0 Å². The van der Waals surface area contributed by atoms with Crippen LogP contribution in [0.2, 0.25) is 0 Å². The fourth-order valence-corrected chi connectivity index (χ4v) is 2.45. The quantitative estimate of drug-likeness (QED) is 0.787. The van der Waals surface area contributed by atoms with E-state index in [2.05, 4.69) is 10.00 Å². The molecule has 2 rings (SSSR count). The number of carbonyl (C=O) groups excluding carboxylic acids is 1. The fourth-order valence-electron chi connectivity index (χ4n) is 2.45. The SMILES string of the molecule is C[C@H]1OCCN(CCc2ccnn2C)[C@@H]1C(N)=O. The van der Waals surface area contributed by atoms with E-state index < -0.39 is 0 Å². The van der Waals surface area contributed by atoms with Crippen molar-refractivity contribution in [2.24, 2.45) is 12.8 Å². The number of primary amides is 1. The van der Waals surface area contributed by atoms with Crippen molar-refractivity contribution in [2.45, 2.75) is 25.5 Å². The van der Waals surface area contributed by atoms with Crippen molar-refractivity contribution in [3.05, 3.63) is 18.0 Å². The van der Waals surface area contributed by atoms with Gasteiger partial charge in [0.25, 0.3) is 0 Å². The van der Waals surface area contributed by atoms with Gasteiger partial charge in [0.1, 0.15) is 6.04 Å². The van der Waals surface area contributed by atoms with E-state index in [-0.39, 0.29) is 18.1 Å². The van der Waals surface area contributed by atoms with E-state index in [4.69, 9.17) is 10.5 Å². The Morgan fingerprint density at radius 1 is 1.67 bits per heavy atom. The number of nitrogens with two attached hydrogens (primary N) is 1. The Labute approximate surface area is 107 Å². The molecule has 1 saturated heterocycles. The van der Waals surface area contributed by atoms with Crippen LogP contribution in [0.1, 0.15) is 12.6 Å². The molecule has 1 aliphatic heterocycles. The summed E-state index contributed by atoms with van der Waals surface area (Å²) in [6.07, 6.45) is 2.50. The Hall–Kier alpha value is -1.40. The standard InChI is InChI=1S/C12H20N4O2/c1-9-11(12(13)17)16(7-8-18-9)6-4-10-3-5-14-15(10)2/h3,5,9,11H,4,6-8H2,1-2H3,(H2,13,17)/t9-,11+/m1/s1. The molecule has 2 heterocycles. The first-order valence-corrected chi connectivity index (χ1v) is 6.21. The number of morpholine rings is 1. The van der Waals surface area contributed by atoms with Crippen LogP contribution in [0.4, 0.5) is 0 Å². The molecule has 0 radical (unpaired) electrons. The van der Waals surface area contributed by atoms with E-state index in [0.717, 1.165) is 25.2 Å². The molecule has 0 spiro atoms. The molecule has 6 nitrogen and oxygen atoms in total. The van der Waals surface area contributed by atoms with Gasteiger partial charge in [-0.15, -0.1) is 0 Å². The first-order valence-electron chi connectivity index (χ1n) is 6.21. The summed E-state index contributed by atoms with van der Waals surface area (Å²) in [4.78, 5) is 13.6. The summed E-state index contributed by atoms with van der Waals surface area (Å²) in [6.45, 7) is 4.08. The van der Waals surface area contributed by atoms with Crippen LogP contribution in [0.25, 0.3) is 0 Å². The van der Waals surface area contributed by atoms with Crippen LogP contribution in [-0.4, -0.2) is 52.4 Å². The molecule has 1 aromatic heterocycles. The highest BCUT2D eigenvalue weighted by Crippen LogP contribution is 2.14. The molecule has 2 atom stereocenters. The van der Waals surface area contributed by atoms with Crippen LogP contribution in [0.15, 0.2) is 12.3 Å². The van der Waals surface area contributed by atoms with Gasteiger partial charge in [-0.3, -0.25) is 14.4 Å². The second-order valence-corrected chi connectivity index (χ2v) is 4.66. The predicted molar refractivity (Wildman–Crippen MR) is 66.9 cm³/mol. The molecule has 1 aromatic rings. The number of nitrogens with zero attached hydrogens (tertiary/aromatic N) is 3. The molecule has 0 unspecified atom stereocenters. The van der Waals surface area contributed by atoms with Gasteiger partial charge in [0.2, 0.25) is 5.91 Å². The second kappa shape index (κ2) is 5.49. The number of ether oxygens (including phenoxy) is 1. The molecular formula is C12H20N4O2. The summed E-state index contributed by atoms with van der Waals surface area (Å²) in [5, 5.41) is 4.13. The van der Waals surface area contributed by atoms with E-state index in [1.165, 1.54) is 0 Å². The Morgan fingerprint density at radius 3 is 3.06 bits per heavy atom. The van der Waals surface area contributed by atoms with Crippen LogP contribution >= 0.6 is 0 Å². The molecule has 1 aliphatic rings. The number of aromatic nitrogens is 2. The molecule has 100 valence electrons. The average molecular weight is 252 g/mol. The van der Waals surface area contributed by atoms with Gasteiger partial charge in [-0.2, -0.15) is 5.10 Å². The topological polar surface area (TPSA) is 73.4 Å². The lowest BCUT2D eigenvalue weighted by molar-refractivity contribution is -0.135. The van der Waals surface area contributed by atoms with Crippen LogP contribution in [0, 0.1) is 0 Å². The molecule has 0 saturated carbocycles. The van der Waals surface area contributed by atoms with Crippen molar-refractivity contribution in [3.63, 3.8) is 0 Å². The normalized spacial score (nSPS) is 25.2. The van der Waals surface area contributed by atoms with E-state index in [9.17, 15) is 4.79 Å². The van der Waals surface area contributed by atoms with Crippen LogP contribution in [-0.2, 0) is 23.0 Å². The van der Waals surface area contributed by atoms with Crippen molar-refractivity contribution in [1.82, 2.24) is 14.7 Å². The minimum atomic E-state index is -0.327. The number of hydrogen-bond acceptors (Lipinski definition) is 4. The minimum Gasteiger partial charge on any atom is -0.375 e. The first kappa shape index (κ1) is 13.0. The minimum absolute atomic E-state index is 0.136. The van der Waals surface area contributed by atoms with Crippen LogP contribution in [0.5, 0.6) is 0 Å². The molecular weight excluding hydrogens is 232 g/mol. The highest BCUT2D eigenvalue weighted by atomic mass is 16.5. The maximum absolute atomic E-state index is 11.5. The predicted octanol–water partition coefficient (Wildman–Crippen LogP) is -0.463. The van der Waals surface area contributed by atoms with Gasteiger partial charge in [-0.25, -0.2) is 0 Å². The first-order chi connectivity index (χ1) is 8.59. The Balaban J connectivity index is 1.98. The average Bonchev–Trinajstić information content (AvgIpc) is 2.71. The zero-order chi connectivity index (χ0) is 13.1. The van der Waals surface area contributed by atoms with Gasteiger partial charge in [0.05, 0.1) is 12.7 Å². The zero-order valence-corrected chi connectivity index (χ0v) is 10.9. The summed E-state index contributed by atoms with van der Waals surface area (Å²) >= 11 is 0. The van der Waals surface area contributed by atoms with Gasteiger partial charge in [0, 0.05) is 38.4 Å². The van der Waals surface area contributed by atoms with E-state index >= 15 is 0 Å². The maximum atomic E-state index is 11.5. The molecule has 1 fully saturated rings. The summed E-state index contributed by atoms with van der Waals surface area (Å²) in [6, 6.07) is 1.66. The molecule has 18 heavy (non-hydrogen) atoms. The van der Waals surface area contributed by atoms with Crippen molar-refractivity contribution in [1.29, 1.82) is 0 Å². The second-order valence-electron chi connectivity index (χ2n) is 4.66. The van der Waals surface area contributed by atoms with Crippen molar-refractivity contribution in [2.75, 3.05) is 19.7 Å². The molecule has 6 heteroatoms. The third-order valence-electron chi connectivity index (χ3n) is 3.47. The van der Waals surface area contributed by atoms with Gasteiger partial charge in [-0.05, 0) is 13.0 Å². The lowest BCUT2D eigenvalue weighted by Gasteiger charge is -2.37. The highest BCUT2D eigenvalue weighted by Gasteiger charge is 2.33. The summed E-state index contributed by atoms with van der Waals surface area (Å²) in [5.41, 5.74) is 6.60.